The Balaban J connectivity index is 1.50. The van der Waals surface area contributed by atoms with E-state index in [4.69, 9.17) is 0 Å². The van der Waals surface area contributed by atoms with E-state index in [2.05, 4.69) is 21.3 Å². The maximum atomic E-state index is 12.4. The summed E-state index contributed by atoms with van der Waals surface area (Å²) in [4.78, 5) is 36.2. The van der Waals surface area contributed by atoms with Crippen LogP contribution in [0.5, 0.6) is 0 Å². The lowest BCUT2D eigenvalue weighted by Gasteiger charge is -2.14. The highest BCUT2D eigenvalue weighted by molar-refractivity contribution is 5.98. The molecule has 7 heteroatoms. The SMILES string of the molecule is Cc1c(NC(=O)CNc2ccc(NC(=O)CC(C)C)cc2)cccc1NC(=O)C1CC1. The van der Waals surface area contributed by atoms with Crippen molar-refractivity contribution in [3.8, 4) is 0 Å². The summed E-state index contributed by atoms with van der Waals surface area (Å²) in [6.45, 7) is 5.97. The first-order valence-corrected chi connectivity index (χ1v) is 10.7. The number of nitrogens with one attached hydrogen (secondary N) is 4. The Hall–Kier alpha value is -3.35. The minimum Gasteiger partial charge on any atom is -0.376 e. The number of carbonyl (C=O) groups is 3. The Kier molecular flexibility index (Phi) is 7.28. The van der Waals surface area contributed by atoms with Gasteiger partial charge in [-0.05, 0) is 67.6 Å². The molecule has 0 aliphatic heterocycles. The Labute approximate surface area is 183 Å². The molecule has 1 aliphatic rings. The second-order valence-corrected chi connectivity index (χ2v) is 8.37. The zero-order valence-electron chi connectivity index (χ0n) is 18.2. The van der Waals surface area contributed by atoms with Crippen LogP contribution in [0.4, 0.5) is 22.7 Å². The van der Waals surface area contributed by atoms with Crippen molar-refractivity contribution in [1.29, 1.82) is 0 Å². The average Bonchev–Trinajstić information content (AvgIpc) is 3.55. The van der Waals surface area contributed by atoms with Crippen LogP contribution in [0, 0.1) is 18.8 Å². The summed E-state index contributed by atoms with van der Waals surface area (Å²) in [7, 11) is 0. The number of rotatable bonds is 9. The maximum Gasteiger partial charge on any atom is 0.243 e. The summed E-state index contributed by atoms with van der Waals surface area (Å²) < 4.78 is 0. The maximum absolute atomic E-state index is 12.4. The van der Waals surface area contributed by atoms with E-state index in [1.54, 1.807) is 12.1 Å². The fourth-order valence-electron chi connectivity index (χ4n) is 3.12. The molecule has 0 aromatic heterocycles. The van der Waals surface area contributed by atoms with Crippen LogP contribution in [0.2, 0.25) is 0 Å². The molecule has 0 spiro atoms. The third kappa shape index (κ3) is 6.84. The van der Waals surface area contributed by atoms with Gasteiger partial charge in [0.05, 0.1) is 6.54 Å². The van der Waals surface area contributed by atoms with Crippen molar-refractivity contribution in [3.63, 3.8) is 0 Å². The molecule has 0 heterocycles. The summed E-state index contributed by atoms with van der Waals surface area (Å²) in [5.74, 6) is 0.260. The molecular weight excluding hydrogens is 392 g/mol. The molecule has 2 aromatic carbocycles. The molecule has 0 atom stereocenters. The fourth-order valence-corrected chi connectivity index (χ4v) is 3.12. The van der Waals surface area contributed by atoms with Crippen molar-refractivity contribution in [3.05, 3.63) is 48.0 Å². The van der Waals surface area contributed by atoms with E-state index >= 15 is 0 Å². The third-order valence-corrected chi connectivity index (χ3v) is 5.03. The van der Waals surface area contributed by atoms with E-state index in [0.29, 0.717) is 18.0 Å². The number of amides is 3. The Bertz CT molecular complexity index is 950. The highest BCUT2D eigenvalue weighted by Crippen LogP contribution is 2.31. The molecule has 164 valence electrons. The number of hydrogen-bond donors (Lipinski definition) is 4. The molecule has 31 heavy (non-hydrogen) atoms. The highest BCUT2D eigenvalue weighted by atomic mass is 16.2. The van der Waals surface area contributed by atoms with Crippen LogP contribution in [0.3, 0.4) is 0 Å². The van der Waals surface area contributed by atoms with Gasteiger partial charge in [0.15, 0.2) is 0 Å². The standard InChI is InChI=1S/C24H30N4O3/c1-15(2)13-22(29)26-19-11-9-18(10-12-19)25-14-23(30)27-20-5-4-6-21(16(20)3)28-24(31)17-7-8-17/h4-6,9-12,15,17,25H,7-8,13-14H2,1-3H3,(H,26,29)(H,27,30)(H,28,31). The number of anilines is 4. The van der Waals surface area contributed by atoms with E-state index in [1.807, 2.05) is 51.1 Å². The summed E-state index contributed by atoms with van der Waals surface area (Å²) in [5, 5.41) is 11.8. The van der Waals surface area contributed by atoms with E-state index in [1.165, 1.54) is 0 Å². The lowest BCUT2D eigenvalue weighted by atomic mass is 10.1. The Morgan fingerprint density at radius 3 is 2.10 bits per heavy atom. The van der Waals surface area contributed by atoms with Crippen LogP contribution in [-0.2, 0) is 14.4 Å². The predicted octanol–water partition coefficient (Wildman–Crippen LogP) is 4.38. The van der Waals surface area contributed by atoms with Crippen LogP contribution in [-0.4, -0.2) is 24.3 Å². The topological polar surface area (TPSA) is 99.3 Å². The van der Waals surface area contributed by atoms with E-state index in [0.717, 1.165) is 35.5 Å². The molecule has 3 rings (SSSR count). The smallest absolute Gasteiger partial charge is 0.243 e. The van der Waals surface area contributed by atoms with Gasteiger partial charge in [-0.3, -0.25) is 14.4 Å². The molecule has 0 saturated heterocycles. The van der Waals surface area contributed by atoms with Crippen molar-refractivity contribution in [2.75, 3.05) is 27.8 Å². The van der Waals surface area contributed by atoms with Gasteiger partial charge in [0.25, 0.3) is 0 Å². The van der Waals surface area contributed by atoms with Crippen LogP contribution >= 0.6 is 0 Å². The van der Waals surface area contributed by atoms with Gasteiger partial charge < -0.3 is 21.3 Å². The number of carbonyl (C=O) groups excluding carboxylic acids is 3. The average molecular weight is 423 g/mol. The van der Waals surface area contributed by atoms with Gasteiger partial charge in [-0.15, -0.1) is 0 Å². The fraction of sp³-hybridized carbons (Fsp3) is 0.375. The van der Waals surface area contributed by atoms with Gasteiger partial charge in [0, 0.05) is 35.1 Å². The normalized spacial score (nSPS) is 12.9. The lowest BCUT2D eigenvalue weighted by Crippen LogP contribution is -2.22. The van der Waals surface area contributed by atoms with E-state index in [9.17, 15) is 14.4 Å². The number of benzene rings is 2. The Morgan fingerprint density at radius 1 is 0.871 bits per heavy atom. The van der Waals surface area contributed by atoms with Crippen molar-refractivity contribution >= 4 is 40.5 Å². The number of hydrogen-bond acceptors (Lipinski definition) is 4. The van der Waals surface area contributed by atoms with Crippen LogP contribution < -0.4 is 21.3 Å². The van der Waals surface area contributed by atoms with E-state index in [-0.39, 0.29) is 30.2 Å². The molecule has 3 amide bonds. The van der Waals surface area contributed by atoms with Crippen LogP contribution in [0.1, 0.15) is 38.7 Å². The third-order valence-electron chi connectivity index (χ3n) is 5.03. The van der Waals surface area contributed by atoms with Gasteiger partial charge in [-0.1, -0.05) is 19.9 Å². The highest BCUT2D eigenvalue weighted by Gasteiger charge is 2.29. The zero-order valence-corrected chi connectivity index (χ0v) is 18.2. The molecule has 4 N–H and O–H groups in total. The molecule has 7 nitrogen and oxygen atoms in total. The predicted molar refractivity (Wildman–Crippen MR) is 124 cm³/mol. The van der Waals surface area contributed by atoms with Crippen molar-refractivity contribution in [2.24, 2.45) is 11.8 Å². The molecule has 1 saturated carbocycles. The van der Waals surface area contributed by atoms with E-state index < -0.39 is 0 Å². The summed E-state index contributed by atoms with van der Waals surface area (Å²) in [5.41, 5.74) is 3.72. The Morgan fingerprint density at radius 2 is 1.48 bits per heavy atom. The van der Waals surface area contributed by atoms with Crippen molar-refractivity contribution < 1.29 is 14.4 Å². The minimum atomic E-state index is -0.192. The monoisotopic (exact) mass is 422 g/mol. The van der Waals surface area contributed by atoms with Gasteiger partial charge in [-0.25, -0.2) is 0 Å². The second-order valence-electron chi connectivity index (χ2n) is 8.37. The first-order valence-electron chi connectivity index (χ1n) is 10.7. The molecule has 0 radical (unpaired) electrons. The molecule has 0 bridgehead atoms. The zero-order chi connectivity index (χ0) is 22.4. The summed E-state index contributed by atoms with van der Waals surface area (Å²) in [6.07, 6.45) is 2.36. The first-order chi connectivity index (χ1) is 14.8. The van der Waals surface area contributed by atoms with Crippen LogP contribution in [0.15, 0.2) is 42.5 Å². The van der Waals surface area contributed by atoms with Crippen molar-refractivity contribution in [1.82, 2.24) is 0 Å². The molecule has 0 unspecified atom stereocenters. The molecule has 1 fully saturated rings. The molecule has 2 aromatic rings. The largest absolute Gasteiger partial charge is 0.376 e. The van der Waals surface area contributed by atoms with Gasteiger partial charge in [-0.2, -0.15) is 0 Å². The van der Waals surface area contributed by atoms with Crippen molar-refractivity contribution in [2.45, 2.75) is 40.0 Å². The summed E-state index contributed by atoms with van der Waals surface area (Å²) >= 11 is 0. The van der Waals surface area contributed by atoms with Crippen LogP contribution in [0.25, 0.3) is 0 Å². The first kappa shape index (κ1) is 22.3. The molecule has 1 aliphatic carbocycles. The van der Waals surface area contributed by atoms with Gasteiger partial charge in [0.2, 0.25) is 17.7 Å². The van der Waals surface area contributed by atoms with Gasteiger partial charge in [0.1, 0.15) is 0 Å². The second kappa shape index (κ2) is 10.1. The quantitative estimate of drug-likeness (QED) is 0.482. The minimum absolute atomic E-state index is 0.0130. The molecular formula is C24H30N4O3. The summed E-state index contributed by atoms with van der Waals surface area (Å²) in [6, 6.07) is 12.7. The van der Waals surface area contributed by atoms with Gasteiger partial charge >= 0.3 is 0 Å². The lowest BCUT2D eigenvalue weighted by molar-refractivity contribution is -0.117.